The molecule has 15 heteroatoms. The van der Waals surface area contributed by atoms with Crippen molar-refractivity contribution in [3.8, 4) is 0 Å². The Bertz CT molecular complexity index is 1940. The zero-order valence-corrected chi connectivity index (χ0v) is 36.1. The van der Waals surface area contributed by atoms with Crippen molar-refractivity contribution in [1.29, 1.82) is 0 Å². The van der Waals surface area contributed by atoms with Gasteiger partial charge in [0.25, 0.3) is 0 Å². The molecule has 0 saturated carbocycles. The van der Waals surface area contributed by atoms with Crippen molar-refractivity contribution in [2.45, 2.75) is 102 Å². The Balaban J connectivity index is 1.42. The van der Waals surface area contributed by atoms with E-state index in [1.54, 1.807) is 0 Å². The number of para-hydroxylation sites is 1. The van der Waals surface area contributed by atoms with Gasteiger partial charge in [0.2, 0.25) is 23.6 Å². The maximum Gasteiger partial charge on any atom is 0.407 e. The lowest BCUT2D eigenvalue weighted by molar-refractivity contribution is -0.149. The second kappa shape index (κ2) is 19.1. The maximum absolute atomic E-state index is 14.2. The molecule has 61 heavy (non-hydrogen) atoms. The lowest BCUT2D eigenvalue weighted by Crippen LogP contribution is -2.59. The van der Waals surface area contributed by atoms with E-state index in [0.717, 1.165) is 26.6 Å². The molecule has 5 rings (SSSR count). The van der Waals surface area contributed by atoms with Crippen LogP contribution >= 0.6 is 0 Å². The molecule has 328 valence electrons. The number of amides is 6. The fourth-order valence-corrected chi connectivity index (χ4v) is 9.31. The van der Waals surface area contributed by atoms with Crippen LogP contribution in [0, 0.1) is 11.8 Å². The van der Waals surface area contributed by atoms with Crippen molar-refractivity contribution >= 4 is 41.5 Å². The molecule has 2 aliphatic rings. The van der Waals surface area contributed by atoms with Crippen LogP contribution in [0.5, 0.6) is 0 Å². The van der Waals surface area contributed by atoms with E-state index in [9.17, 15) is 39.0 Å². The van der Waals surface area contributed by atoms with Crippen molar-refractivity contribution in [3.63, 3.8) is 0 Å². The first-order valence-corrected chi connectivity index (χ1v) is 21.1. The Morgan fingerprint density at radius 1 is 0.623 bits per heavy atom. The number of anilines is 1. The normalized spacial score (nSPS) is 20.6. The van der Waals surface area contributed by atoms with Gasteiger partial charge in [-0.1, -0.05) is 107 Å². The predicted molar refractivity (Wildman–Crippen MR) is 231 cm³/mol. The number of nitrogens with zero attached hydrogens (tertiary/aromatic N) is 5. The Kier molecular flexibility index (Phi) is 14.4. The molecule has 0 spiro atoms. The van der Waals surface area contributed by atoms with E-state index in [0.29, 0.717) is 62.7 Å². The number of nitrogens with two attached hydrogens (primary N) is 2. The number of carbonyl (C=O) groups is 6. The van der Waals surface area contributed by atoms with E-state index in [-0.39, 0.29) is 24.9 Å². The smallest absolute Gasteiger partial charge is 0.407 e. The third kappa shape index (κ3) is 8.87. The molecule has 3 aromatic rings. The molecule has 0 unspecified atom stereocenters. The van der Waals surface area contributed by atoms with Gasteiger partial charge in [-0.05, 0) is 71.9 Å². The fourth-order valence-electron chi connectivity index (χ4n) is 9.31. The molecule has 2 heterocycles. The summed E-state index contributed by atoms with van der Waals surface area (Å²) in [5.41, 5.74) is 13.3. The number of benzene rings is 3. The zero-order chi connectivity index (χ0) is 44.8. The fraction of sp³-hybridized carbons (Fsp3) is 0.478. The van der Waals surface area contributed by atoms with Crippen molar-refractivity contribution in [2.75, 3.05) is 32.1 Å². The summed E-state index contributed by atoms with van der Waals surface area (Å²) in [5, 5.41) is 19.6. The van der Waals surface area contributed by atoms with Crippen LogP contribution in [0.2, 0.25) is 0 Å². The lowest BCUT2D eigenvalue weighted by Gasteiger charge is -2.41. The number of rotatable bonds is 17. The Morgan fingerprint density at radius 2 is 0.984 bits per heavy atom. The number of likely N-dealkylation sites (tertiary alicyclic amines) is 2. The number of carboxylic acid groups (broad SMARTS) is 2. The van der Waals surface area contributed by atoms with Gasteiger partial charge in [0, 0.05) is 46.0 Å². The monoisotopic (exact) mass is 839 g/mol. The average molecular weight is 840 g/mol. The molecular weight excluding hydrogens is 779 g/mol. The van der Waals surface area contributed by atoms with Crippen molar-refractivity contribution in [1.82, 2.24) is 19.6 Å². The Labute approximate surface area is 358 Å². The number of hydrogen-bond donors (Lipinski definition) is 4. The van der Waals surface area contributed by atoms with E-state index in [1.165, 1.54) is 23.9 Å². The van der Waals surface area contributed by atoms with E-state index >= 15 is 0 Å². The first-order chi connectivity index (χ1) is 29.0. The number of carbonyl (C=O) groups excluding carboxylic acids is 4. The van der Waals surface area contributed by atoms with Crippen LogP contribution in [-0.2, 0) is 43.3 Å². The molecule has 6 amide bonds. The molecule has 2 saturated heterocycles. The average Bonchev–Trinajstić information content (AvgIpc) is 3.91. The molecule has 0 bridgehead atoms. The number of hydrogen-bond acceptors (Lipinski definition) is 7. The van der Waals surface area contributed by atoms with Crippen molar-refractivity contribution < 1.29 is 39.0 Å². The second-order valence-corrected chi connectivity index (χ2v) is 16.7. The van der Waals surface area contributed by atoms with Crippen LogP contribution in [0.25, 0.3) is 0 Å². The highest BCUT2D eigenvalue weighted by Crippen LogP contribution is 2.42. The van der Waals surface area contributed by atoms with Crippen LogP contribution < -0.4 is 16.4 Å². The summed E-state index contributed by atoms with van der Waals surface area (Å²) in [7, 11) is 2.75. The van der Waals surface area contributed by atoms with Crippen LogP contribution in [0.1, 0.15) is 88.5 Å². The summed E-state index contributed by atoms with van der Waals surface area (Å²) < 4.78 is 0. The summed E-state index contributed by atoms with van der Waals surface area (Å²) in [6.07, 6.45) is 0.324. The van der Waals surface area contributed by atoms with Crippen LogP contribution in [-0.4, -0.2) is 105 Å². The molecule has 0 aromatic heterocycles. The van der Waals surface area contributed by atoms with Gasteiger partial charge < -0.3 is 36.4 Å². The Morgan fingerprint density at radius 3 is 1.30 bits per heavy atom. The summed E-state index contributed by atoms with van der Waals surface area (Å²) in [4.78, 5) is 86.4. The Hall–Kier alpha value is -6.12. The van der Waals surface area contributed by atoms with Gasteiger partial charge in [-0.3, -0.25) is 29.0 Å². The van der Waals surface area contributed by atoms with Gasteiger partial charge in [-0.25, -0.2) is 9.59 Å². The van der Waals surface area contributed by atoms with E-state index in [4.69, 9.17) is 11.5 Å². The van der Waals surface area contributed by atoms with Gasteiger partial charge in [0.05, 0.1) is 0 Å². The minimum Gasteiger partial charge on any atom is -0.465 e. The molecule has 3 aromatic carbocycles. The summed E-state index contributed by atoms with van der Waals surface area (Å²) in [6, 6.07) is 22.8. The zero-order valence-electron chi connectivity index (χ0n) is 36.1. The molecule has 15 nitrogen and oxygen atoms in total. The molecule has 2 aliphatic heterocycles. The quantitative estimate of drug-likeness (QED) is 0.134. The summed E-state index contributed by atoms with van der Waals surface area (Å²) in [6.45, 7) is 8.87. The third-order valence-corrected chi connectivity index (χ3v) is 13.2. The van der Waals surface area contributed by atoms with E-state index in [1.807, 2.05) is 107 Å². The topological polar surface area (TPSA) is 211 Å². The number of primary amides is 2. The van der Waals surface area contributed by atoms with Crippen molar-refractivity contribution in [3.05, 3.63) is 101 Å². The molecule has 6 atom stereocenters. The highest BCUT2D eigenvalue weighted by atomic mass is 16.4. The molecule has 0 aliphatic carbocycles. The summed E-state index contributed by atoms with van der Waals surface area (Å²) >= 11 is 0. The number of likely N-dealkylation sites (N-methyl/N-ethyl adjacent to an activating group) is 2. The lowest BCUT2D eigenvalue weighted by atomic mass is 9.84. The third-order valence-electron chi connectivity index (χ3n) is 13.2. The minimum absolute atomic E-state index is 0.264. The van der Waals surface area contributed by atoms with Crippen LogP contribution in [0.4, 0.5) is 15.3 Å². The van der Waals surface area contributed by atoms with Crippen LogP contribution in [0.15, 0.2) is 78.9 Å². The van der Waals surface area contributed by atoms with Gasteiger partial charge in [-0.2, -0.15) is 0 Å². The minimum atomic E-state index is -1.44. The van der Waals surface area contributed by atoms with Crippen LogP contribution in [0.3, 0.4) is 0 Å². The molecular formula is C46H61N7O8. The molecule has 0 radical (unpaired) electrons. The van der Waals surface area contributed by atoms with E-state index in [2.05, 4.69) is 4.90 Å². The molecule has 6 N–H and O–H groups in total. The first kappa shape index (κ1) is 46.0. The predicted octanol–water partition coefficient (Wildman–Crippen LogP) is 5.55. The van der Waals surface area contributed by atoms with Crippen molar-refractivity contribution in [2.24, 2.45) is 23.3 Å². The van der Waals surface area contributed by atoms with Gasteiger partial charge in [-0.15, -0.1) is 0 Å². The maximum atomic E-state index is 14.2. The standard InChI is InChI=1S/C46H61N7O8/c1-7-30(3)37(49(5)43(58)59)39(54)52-26-12-24-45(52,41(47)56)34-20-16-32(17-21-34)28-51(36-14-10-9-11-15-36)29-33-18-22-35(23-19-33)46(42(48)57)25-13-27-53(46)40(55)38(31(4)8-2)50(6)44(60)61/h9-11,14-23,30-31,37-38H,7-8,12-13,24-29H2,1-6H3,(H2,47,56)(H2,48,57)(H,58,59)(H,60,61)/t30-,31-,37+,38+,45+,46+/m1/s1. The van der Waals surface area contributed by atoms with Gasteiger partial charge >= 0.3 is 12.2 Å². The SMILES string of the molecule is CC[C@@H](C)[C@@H](C(=O)N1CCC[C@@]1(C(N)=O)c1ccc(CN(Cc2ccc([C@]3(C(N)=O)CCCN3C(=O)[C@H]([C@H](C)CC)N(C)C(=O)O)cc2)c2ccccc2)cc1)N(C)C(=O)O. The van der Waals surface area contributed by atoms with Gasteiger partial charge in [0.15, 0.2) is 0 Å². The second-order valence-electron chi connectivity index (χ2n) is 16.7. The highest BCUT2D eigenvalue weighted by Gasteiger charge is 2.54. The van der Waals surface area contributed by atoms with Gasteiger partial charge in [0.1, 0.15) is 23.2 Å². The molecule has 2 fully saturated rings. The first-order valence-electron chi connectivity index (χ1n) is 21.1. The van der Waals surface area contributed by atoms with E-state index < -0.39 is 59.0 Å². The largest absolute Gasteiger partial charge is 0.465 e. The highest BCUT2D eigenvalue weighted by molar-refractivity contribution is 5.96. The summed E-state index contributed by atoms with van der Waals surface area (Å²) in [5.74, 6) is -2.84.